The number of ether oxygens (including phenoxy) is 1. The first kappa shape index (κ1) is 21.4. The van der Waals surface area contributed by atoms with E-state index in [2.05, 4.69) is 10.3 Å². The van der Waals surface area contributed by atoms with Crippen LogP contribution in [-0.4, -0.2) is 22.5 Å². The third-order valence-corrected chi connectivity index (χ3v) is 4.89. The van der Waals surface area contributed by atoms with Crippen molar-refractivity contribution in [1.29, 1.82) is 0 Å². The van der Waals surface area contributed by atoms with E-state index in [0.29, 0.717) is 16.8 Å². The van der Waals surface area contributed by atoms with Gasteiger partial charge in [-0.1, -0.05) is 17.7 Å². The maximum absolute atomic E-state index is 13.8. The monoisotopic (exact) mass is 433 g/mol. The molecular formula is C21H18ClF2N3O3. The third kappa shape index (κ3) is 4.04. The standard InChI is InChI=1S/C21H18ClF2N3O3/c1-11-15(19(28)25-3)5-4-6-17(11)27-12(2)26-20(18(22)21(27)29)30-10-13-7-8-14(23)9-16(13)24/h4-9H,10H2,1-3H3,(H,25,28). The average Bonchev–Trinajstić information content (AvgIpc) is 2.71. The summed E-state index contributed by atoms with van der Waals surface area (Å²) in [5.41, 5.74) is 0.914. The van der Waals surface area contributed by atoms with Crippen LogP contribution in [0.3, 0.4) is 0 Å². The summed E-state index contributed by atoms with van der Waals surface area (Å²) < 4.78 is 33.5. The molecule has 3 rings (SSSR count). The first-order valence-electron chi connectivity index (χ1n) is 8.92. The van der Waals surface area contributed by atoms with E-state index in [1.165, 1.54) is 17.7 Å². The van der Waals surface area contributed by atoms with Crippen LogP contribution in [-0.2, 0) is 6.61 Å². The number of aryl methyl sites for hydroxylation is 1. The Hall–Kier alpha value is -3.26. The molecule has 1 aromatic heterocycles. The predicted molar refractivity (Wildman–Crippen MR) is 108 cm³/mol. The second-order valence-corrected chi connectivity index (χ2v) is 6.85. The molecule has 0 aliphatic rings. The van der Waals surface area contributed by atoms with Crippen LogP contribution in [0.2, 0.25) is 5.02 Å². The lowest BCUT2D eigenvalue weighted by Crippen LogP contribution is -2.26. The van der Waals surface area contributed by atoms with E-state index >= 15 is 0 Å². The molecule has 6 nitrogen and oxygen atoms in total. The number of aromatic nitrogens is 2. The Morgan fingerprint density at radius 2 is 1.97 bits per heavy atom. The minimum atomic E-state index is -0.780. The Morgan fingerprint density at radius 3 is 2.63 bits per heavy atom. The van der Waals surface area contributed by atoms with E-state index in [0.717, 1.165) is 12.1 Å². The van der Waals surface area contributed by atoms with Crippen LogP contribution >= 0.6 is 11.6 Å². The van der Waals surface area contributed by atoms with Crippen molar-refractivity contribution in [3.8, 4) is 11.6 Å². The summed E-state index contributed by atoms with van der Waals surface area (Å²) in [6, 6.07) is 8.03. The third-order valence-electron chi connectivity index (χ3n) is 4.56. The van der Waals surface area contributed by atoms with E-state index in [4.69, 9.17) is 16.3 Å². The van der Waals surface area contributed by atoms with Crippen LogP contribution in [0, 0.1) is 25.5 Å². The SMILES string of the molecule is CNC(=O)c1cccc(-n2c(C)nc(OCc3ccc(F)cc3F)c(Cl)c2=O)c1C. The molecule has 156 valence electrons. The number of nitrogens with one attached hydrogen (secondary N) is 1. The number of halogens is 3. The molecule has 0 atom stereocenters. The van der Waals surface area contributed by atoms with E-state index in [-0.39, 0.29) is 34.8 Å². The van der Waals surface area contributed by atoms with Crippen LogP contribution in [0.1, 0.15) is 27.3 Å². The first-order chi connectivity index (χ1) is 14.2. The normalized spacial score (nSPS) is 10.7. The summed E-state index contributed by atoms with van der Waals surface area (Å²) in [5, 5.41) is 2.25. The maximum atomic E-state index is 13.8. The second kappa shape index (κ2) is 8.62. The first-order valence-corrected chi connectivity index (χ1v) is 9.30. The zero-order valence-corrected chi connectivity index (χ0v) is 17.2. The van der Waals surface area contributed by atoms with Crippen LogP contribution < -0.4 is 15.6 Å². The topological polar surface area (TPSA) is 73.2 Å². The summed E-state index contributed by atoms with van der Waals surface area (Å²) in [6.45, 7) is 3.00. The molecule has 1 amide bonds. The number of hydrogen-bond acceptors (Lipinski definition) is 4. The number of hydrogen-bond donors (Lipinski definition) is 1. The second-order valence-electron chi connectivity index (χ2n) is 6.47. The molecular weight excluding hydrogens is 416 g/mol. The molecule has 0 saturated carbocycles. The van der Waals surface area contributed by atoms with Crippen molar-refractivity contribution in [2.24, 2.45) is 0 Å². The molecule has 0 saturated heterocycles. The van der Waals surface area contributed by atoms with Crippen LogP contribution in [0.15, 0.2) is 41.2 Å². The molecule has 30 heavy (non-hydrogen) atoms. The smallest absolute Gasteiger partial charge is 0.280 e. The van der Waals surface area contributed by atoms with Crippen molar-refractivity contribution in [2.45, 2.75) is 20.5 Å². The van der Waals surface area contributed by atoms with Crippen LogP contribution in [0.4, 0.5) is 8.78 Å². The molecule has 1 N–H and O–H groups in total. The van der Waals surface area contributed by atoms with Crippen molar-refractivity contribution < 1.29 is 18.3 Å². The Balaban J connectivity index is 2.00. The van der Waals surface area contributed by atoms with Crippen molar-refractivity contribution in [3.05, 3.63) is 85.9 Å². The minimum absolute atomic E-state index is 0.0882. The van der Waals surface area contributed by atoms with E-state index in [1.54, 1.807) is 32.0 Å². The fraction of sp³-hybridized carbons (Fsp3) is 0.190. The number of amides is 1. The Kier molecular flexibility index (Phi) is 6.17. The van der Waals surface area contributed by atoms with Crippen LogP contribution in [0.5, 0.6) is 5.88 Å². The molecule has 0 aliphatic carbocycles. The number of rotatable bonds is 5. The quantitative estimate of drug-likeness (QED) is 0.665. The summed E-state index contributed by atoms with van der Waals surface area (Å²) in [6.07, 6.45) is 0. The van der Waals surface area contributed by atoms with Gasteiger partial charge in [0, 0.05) is 24.2 Å². The Bertz CT molecular complexity index is 1190. The fourth-order valence-electron chi connectivity index (χ4n) is 2.99. The van der Waals surface area contributed by atoms with Crippen molar-refractivity contribution in [3.63, 3.8) is 0 Å². The molecule has 9 heteroatoms. The van der Waals surface area contributed by atoms with Gasteiger partial charge in [-0.2, -0.15) is 4.98 Å². The summed E-state index contributed by atoms with van der Waals surface area (Å²) in [4.78, 5) is 29.2. The number of benzene rings is 2. The van der Waals surface area contributed by atoms with Gasteiger partial charge in [0.15, 0.2) is 5.02 Å². The van der Waals surface area contributed by atoms with Crippen molar-refractivity contribution in [2.75, 3.05) is 7.05 Å². The molecule has 0 radical (unpaired) electrons. The zero-order chi connectivity index (χ0) is 22.0. The largest absolute Gasteiger partial charge is 0.471 e. The summed E-state index contributed by atoms with van der Waals surface area (Å²) in [5.74, 6) is -1.69. The highest BCUT2D eigenvalue weighted by atomic mass is 35.5. The lowest BCUT2D eigenvalue weighted by Gasteiger charge is -2.16. The lowest BCUT2D eigenvalue weighted by molar-refractivity contribution is 0.0962. The van der Waals surface area contributed by atoms with Gasteiger partial charge in [0.1, 0.15) is 24.1 Å². The predicted octanol–water partition coefficient (Wildman–Crippen LogP) is 3.72. The molecule has 2 aromatic carbocycles. The van der Waals surface area contributed by atoms with E-state index < -0.39 is 17.2 Å². The van der Waals surface area contributed by atoms with Gasteiger partial charge in [0.25, 0.3) is 11.5 Å². The van der Waals surface area contributed by atoms with Gasteiger partial charge in [-0.15, -0.1) is 0 Å². The Labute approximate surface area is 176 Å². The molecule has 0 aliphatic heterocycles. The average molecular weight is 434 g/mol. The minimum Gasteiger partial charge on any atom is -0.471 e. The van der Waals surface area contributed by atoms with Gasteiger partial charge in [-0.05, 0) is 43.7 Å². The lowest BCUT2D eigenvalue weighted by atomic mass is 10.1. The van der Waals surface area contributed by atoms with Gasteiger partial charge in [0.05, 0.1) is 5.69 Å². The zero-order valence-electron chi connectivity index (χ0n) is 16.4. The van der Waals surface area contributed by atoms with Gasteiger partial charge in [-0.25, -0.2) is 8.78 Å². The maximum Gasteiger partial charge on any atom is 0.280 e. The molecule has 0 bridgehead atoms. The molecule has 3 aromatic rings. The summed E-state index contributed by atoms with van der Waals surface area (Å²) in [7, 11) is 1.51. The van der Waals surface area contributed by atoms with E-state index in [1.807, 2.05) is 0 Å². The highest BCUT2D eigenvalue weighted by Gasteiger charge is 2.19. The highest BCUT2D eigenvalue weighted by Crippen LogP contribution is 2.24. The van der Waals surface area contributed by atoms with Gasteiger partial charge in [0.2, 0.25) is 5.88 Å². The molecule has 0 unspecified atom stereocenters. The number of carbonyl (C=O) groups excluding carboxylic acids is 1. The van der Waals surface area contributed by atoms with Gasteiger partial charge >= 0.3 is 0 Å². The number of nitrogens with zero attached hydrogens (tertiary/aromatic N) is 2. The highest BCUT2D eigenvalue weighted by molar-refractivity contribution is 6.31. The summed E-state index contributed by atoms with van der Waals surface area (Å²) >= 11 is 6.18. The number of carbonyl (C=O) groups is 1. The van der Waals surface area contributed by atoms with Gasteiger partial charge in [-0.3, -0.25) is 14.2 Å². The van der Waals surface area contributed by atoms with Gasteiger partial charge < -0.3 is 10.1 Å². The molecule has 0 fully saturated rings. The van der Waals surface area contributed by atoms with Crippen LogP contribution in [0.25, 0.3) is 5.69 Å². The van der Waals surface area contributed by atoms with E-state index in [9.17, 15) is 18.4 Å². The Morgan fingerprint density at radius 1 is 1.23 bits per heavy atom. The van der Waals surface area contributed by atoms with Crippen molar-refractivity contribution >= 4 is 17.5 Å². The molecule has 0 spiro atoms. The van der Waals surface area contributed by atoms with Crippen molar-refractivity contribution in [1.82, 2.24) is 14.9 Å². The molecule has 1 heterocycles. The fourth-order valence-corrected chi connectivity index (χ4v) is 3.17.